The van der Waals surface area contributed by atoms with Gasteiger partial charge < -0.3 is 15.2 Å². The van der Waals surface area contributed by atoms with Crippen LogP contribution in [-0.4, -0.2) is 18.1 Å². The van der Waals surface area contributed by atoms with E-state index in [1.807, 2.05) is 43.3 Å². The third kappa shape index (κ3) is 6.65. The average molecular weight is 556 g/mol. The number of esters is 1. The minimum atomic E-state index is -0.431. The topological polar surface area (TPSA) is 74.4 Å². The molecule has 1 heterocycles. The summed E-state index contributed by atoms with van der Waals surface area (Å²) in [6.07, 6.45) is 0.852. The molecule has 0 bridgehead atoms. The molecule has 0 aliphatic heterocycles. The molecule has 0 fully saturated rings. The lowest BCUT2D eigenvalue weighted by Gasteiger charge is -2.22. The molecule has 0 aliphatic rings. The Morgan fingerprint density at radius 2 is 1.58 bits per heavy atom. The number of aromatic nitrogens is 1. The van der Waals surface area contributed by atoms with E-state index in [0.717, 1.165) is 50.8 Å². The number of benzene rings is 3. The van der Waals surface area contributed by atoms with Crippen molar-refractivity contribution in [3.8, 4) is 16.9 Å². The van der Waals surface area contributed by atoms with Gasteiger partial charge in [-0.2, -0.15) is 0 Å². The number of nitrogens with two attached hydrogens (primary N) is 1. The molecule has 4 aromatic rings. The van der Waals surface area contributed by atoms with Crippen molar-refractivity contribution in [1.82, 2.24) is 4.98 Å². The first-order valence-electron chi connectivity index (χ1n) is 12.3. The van der Waals surface area contributed by atoms with Crippen molar-refractivity contribution in [2.45, 2.75) is 47.3 Å². The number of fused-ring (bicyclic) bond motifs is 1. The smallest absolute Gasteiger partial charge is 0.341 e. The quantitative estimate of drug-likeness (QED) is 0.230. The molecule has 202 valence electrons. The zero-order chi connectivity index (χ0) is 25.8. The minimum absolute atomic E-state index is 0. The largest absolute Gasteiger partial charge is 0.488 e. The molecule has 0 spiro atoms. The number of carbonyl (C=O) groups is 1. The van der Waals surface area contributed by atoms with Gasteiger partial charge in [-0.05, 0) is 65.8 Å². The summed E-state index contributed by atoms with van der Waals surface area (Å²) in [6, 6.07) is 20.1. The summed E-state index contributed by atoms with van der Waals surface area (Å²) in [5.41, 5.74) is 14.0. The third-order valence-corrected chi connectivity index (χ3v) is 6.46. The second kappa shape index (κ2) is 13.6. The number of methoxy groups -OCH3 is 1. The molecule has 0 aliphatic carbocycles. The van der Waals surface area contributed by atoms with Crippen molar-refractivity contribution in [2.75, 3.05) is 7.11 Å². The Morgan fingerprint density at radius 3 is 2.16 bits per heavy atom. The monoisotopic (exact) mass is 554 g/mol. The predicted molar refractivity (Wildman–Crippen MR) is 160 cm³/mol. The molecule has 0 amide bonds. The van der Waals surface area contributed by atoms with Crippen LogP contribution in [0.3, 0.4) is 0 Å². The highest BCUT2D eigenvalue weighted by atomic mass is 35.5. The number of carbonyl (C=O) groups excluding carboxylic acids is 1. The maximum absolute atomic E-state index is 12.6. The lowest BCUT2D eigenvalue weighted by atomic mass is 9.90. The standard InChI is InChI=1S/C31H34N2O3.2ClH/c1-19(2)14-28-26(17-32)30(22-12-10-20(3)11-13-22)27(21(4)33-28)18-36-29-16-24-9-7-6-8-23(24)15-25(29)31(34)35-5;;/h6-13,15-16,19H,14,17-18,32H2,1-5H3;2*1H. The van der Waals surface area contributed by atoms with Crippen LogP contribution in [0.15, 0.2) is 60.7 Å². The molecular formula is C31H36Cl2N2O3. The van der Waals surface area contributed by atoms with E-state index in [9.17, 15) is 4.79 Å². The maximum Gasteiger partial charge on any atom is 0.341 e. The van der Waals surface area contributed by atoms with Crippen molar-refractivity contribution in [3.05, 3.63) is 94.3 Å². The van der Waals surface area contributed by atoms with E-state index in [2.05, 4.69) is 45.0 Å². The fraction of sp³-hybridized carbons (Fsp3) is 0.290. The summed E-state index contributed by atoms with van der Waals surface area (Å²) in [5.74, 6) is 0.505. The zero-order valence-electron chi connectivity index (χ0n) is 22.5. The number of nitrogens with zero attached hydrogens (tertiary/aromatic N) is 1. The second-order valence-corrected chi connectivity index (χ2v) is 9.62. The molecule has 0 unspecified atom stereocenters. The van der Waals surface area contributed by atoms with Gasteiger partial charge in [0.25, 0.3) is 0 Å². The first kappa shape index (κ1) is 31.1. The van der Waals surface area contributed by atoms with E-state index in [1.54, 1.807) is 0 Å². The fourth-order valence-electron chi connectivity index (χ4n) is 4.62. The van der Waals surface area contributed by atoms with Gasteiger partial charge in [0.1, 0.15) is 17.9 Å². The van der Waals surface area contributed by atoms with E-state index in [0.29, 0.717) is 23.8 Å². The van der Waals surface area contributed by atoms with Gasteiger partial charge in [0, 0.05) is 23.5 Å². The molecule has 4 rings (SSSR count). The van der Waals surface area contributed by atoms with Gasteiger partial charge in [-0.15, -0.1) is 24.8 Å². The van der Waals surface area contributed by atoms with Crippen LogP contribution in [-0.2, 0) is 24.3 Å². The van der Waals surface area contributed by atoms with Crippen molar-refractivity contribution in [1.29, 1.82) is 0 Å². The minimum Gasteiger partial charge on any atom is -0.488 e. The van der Waals surface area contributed by atoms with Crippen LogP contribution in [0.5, 0.6) is 5.75 Å². The lowest BCUT2D eigenvalue weighted by Crippen LogP contribution is -2.15. The molecule has 0 radical (unpaired) electrons. The van der Waals surface area contributed by atoms with E-state index in [4.69, 9.17) is 20.2 Å². The molecule has 38 heavy (non-hydrogen) atoms. The molecular weight excluding hydrogens is 519 g/mol. The molecule has 0 atom stereocenters. The zero-order valence-corrected chi connectivity index (χ0v) is 24.2. The number of halogens is 2. The van der Waals surface area contributed by atoms with Gasteiger partial charge in [0.2, 0.25) is 0 Å². The number of rotatable bonds is 8. The highest BCUT2D eigenvalue weighted by Gasteiger charge is 2.21. The normalized spacial score (nSPS) is 10.6. The molecule has 5 nitrogen and oxygen atoms in total. The molecule has 0 saturated heterocycles. The van der Waals surface area contributed by atoms with Gasteiger partial charge in [-0.25, -0.2) is 4.79 Å². The average Bonchev–Trinajstić information content (AvgIpc) is 2.87. The summed E-state index contributed by atoms with van der Waals surface area (Å²) in [6.45, 7) is 9.10. The van der Waals surface area contributed by atoms with E-state index in [1.165, 1.54) is 12.7 Å². The van der Waals surface area contributed by atoms with Gasteiger partial charge >= 0.3 is 5.97 Å². The van der Waals surface area contributed by atoms with E-state index < -0.39 is 5.97 Å². The first-order chi connectivity index (χ1) is 17.3. The number of ether oxygens (including phenoxy) is 2. The van der Waals surface area contributed by atoms with Crippen molar-refractivity contribution < 1.29 is 14.3 Å². The predicted octanol–water partition coefficient (Wildman–Crippen LogP) is 7.39. The summed E-state index contributed by atoms with van der Waals surface area (Å²) in [4.78, 5) is 17.6. The highest BCUT2D eigenvalue weighted by Crippen LogP contribution is 2.34. The summed E-state index contributed by atoms with van der Waals surface area (Å²) in [5, 5.41) is 1.94. The Kier molecular flexibility index (Phi) is 11.1. The third-order valence-electron chi connectivity index (χ3n) is 6.46. The molecule has 7 heteroatoms. The fourth-order valence-corrected chi connectivity index (χ4v) is 4.62. The van der Waals surface area contributed by atoms with Gasteiger partial charge in [0.15, 0.2) is 0 Å². The van der Waals surface area contributed by atoms with Gasteiger partial charge in [-0.1, -0.05) is 67.9 Å². The van der Waals surface area contributed by atoms with Gasteiger partial charge in [0.05, 0.1) is 7.11 Å². The second-order valence-electron chi connectivity index (χ2n) is 9.62. The van der Waals surface area contributed by atoms with Crippen molar-refractivity contribution in [3.63, 3.8) is 0 Å². The SMILES string of the molecule is COC(=O)c1cc2ccccc2cc1OCc1c(C)nc(CC(C)C)c(CN)c1-c1ccc(C)cc1.Cl.Cl. The molecule has 0 saturated carbocycles. The number of hydrogen-bond acceptors (Lipinski definition) is 5. The Morgan fingerprint density at radius 1 is 0.947 bits per heavy atom. The molecule has 1 aromatic heterocycles. The Bertz CT molecular complexity index is 1400. The van der Waals surface area contributed by atoms with Crippen molar-refractivity contribution in [2.24, 2.45) is 11.7 Å². The van der Waals surface area contributed by atoms with Gasteiger partial charge in [-0.3, -0.25) is 4.98 Å². The van der Waals surface area contributed by atoms with Crippen LogP contribution in [0, 0.1) is 19.8 Å². The number of pyridine rings is 1. The van der Waals surface area contributed by atoms with Crippen molar-refractivity contribution >= 4 is 41.6 Å². The number of aryl methyl sites for hydroxylation is 2. The summed E-state index contributed by atoms with van der Waals surface area (Å²) < 4.78 is 11.4. The van der Waals surface area contributed by atoms with Crippen LogP contribution in [0.4, 0.5) is 0 Å². The van der Waals surface area contributed by atoms with Crippen LogP contribution < -0.4 is 10.5 Å². The van der Waals surface area contributed by atoms with Crippen LogP contribution in [0.2, 0.25) is 0 Å². The van der Waals surface area contributed by atoms with E-state index in [-0.39, 0.29) is 31.4 Å². The van der Waals surface area contributed by atoms with Crippen LogP contribution >= 0.6 is 24.8 Å². The number of hydrogen-bond donors (Lipinski definition) is 1. The van der Waals surface area contributed by atoms with Crippen LogP contribution in [0.25, 0.3) is 21.9 Å². The van der Waals surface area contributed by atoms with E-state index >= 15 is 0 Å². The lowest BCUT2D eigenvalue weighted by molar-refractivity contribution is 0.0596. The Hall–Kier alpha value is -3.12. The highest BCUT2D eigenvalue weighted by molar-refractivity contribution is 5.98. The Labute approximate surface area is 237 Å². The van der Waals surface area contributed by atoms with Crippen LogP contribution in [0.1, 0.15) is 52.3 Å². The molecule has 2 N–H and O–H groups in total. The maximum atomic E-state index is 12.6. The summed E-state index contributed by atoms with van der Waals surface area (Å²) >= 11 is 0. The Balaban J connectivity index is 0.00000253. The first-order valence-corrected chi connectivity index (χ1v) is 12.3. The summed E-state index contributed by atoms with van der Waals surface area (Å²) in [7, 11) is 1.38. The molecule has 3 aromatic carbocycles.